The van der Waals surface area contributed by atoms with Gasteiger partial charge < -0.3 is 10.1 Å². The Hall–Kier alpha value is -3.72. The van der Waals surface area contributed by atoms with Crippen LogP contribution in [-0.2, 0) is 19.6 Å². The van der Waals surface area contributed by atoms with Gasteiger partial charge in [-0.1, -0.05) is 24.3 Å². The summed E-state index contributed by atoms with van der Waals surface area (Å²) in [6.07, 6.45) is -1.11. The third-order valence-electron chi connectivity index (χ3n) is 4.50. The van der Waals surface area contributed by atoms with Crippen LogP contribution in [0.2, 0.25) is 0 Å². The molecule has 3 aromatic carbocycles. The van der Waals surface area contributed by atoms with Crippen molar-refractivity contribution in [1.29, 1.82) is 0 Å². The molecule has 0 fully saturated rings. The van der Waals surface area contributed by atoms with Gasteiger partial charge in [0.25, 0.3) is 15.9 Å². The average Bonchev–Trinajstić information content (AvgIpc) is 2.76. The van der Waals surface area contributed by atoms with Gasteiger partial charge in [-0.2, -0.15) is 0 Å². The molecule has 1 amide bonds. The van der Waals surface area contributed by atoms with Crippen LogP contribution in [0.25, 0.3) is 0 Å². The van der Waals surface area contributed by atoms with E-state index >= 15 is 0 Å². The molecule has 0 aliphatic heterocycles. The number of anilines is 2. The van der Waals surface area contributed by atoms with Crippen molar-refractivity contribution in [2.24, 2.45) is 0 Å². The van der Waals surface area contributed by atoms with Gasteiger partial charge in [0.05, 0.1) is 10.5 Å². The van der Waals surface area contributed by atoms with Crippen molar-refractivity contribution in [3.8, 4) is 0 Å². The minimum Gasteiger partial charge on any atom is -0.449 e. The maximum absolute atomic E-state index is 13.1. The lowest BCUT2D eigenvalue weighted by atomic mass is 10.1. The van der Waals surface area contributed by atoms with E-state index in [9.17, 15) is 22.4 Å². The summed E-state index contributed by atoms with van der Waals surface area (Å²) in [6, 6.07) is 17.6. The number of carbonyl (C=O) groups is 2. The maximum Gasteiger partial charge on any atom is 0.338 e. The highest BCUT2D eigenvalue weighted by Crippen LogP contribution is 2.22. The van der Waals surface area contributed by atoms with E-state index in [0.29, 0.717) is 11.3 Å². The Morgan fingerprint density at radius 1 is 0.938 bits per heavy atom. The summed E-state index contributed by atoms with van der Waals surface area (Å²) in [7, 11) is -4.06. The van der Waals surface area contributed by atoms with Crippen LogP contribution in [0.1, 0.15) is 22.8 Å². The van der Waals surface area contributed by atoms with Gasteiger partial charge in [0.2, 0.25) is 0 Å². The summed E-state index contributed by atoms with van der Waals surface area (Å²) in [5.74, 6) is -1.87. The average molecular weight is 456 g/mol. The third-order valence-corrected chi connectivity index (χ3v) is 6.03. The molecule has 3 aromatic rings. The summed E-state index contributed by atoms with van der Waals surface area (Å²) in [6.45, 7) is 2.99. The molecular weight excluding hydrogens is 435 g/mol. The van der Waals surface area contributed by atoms with Crippen molar-refractivity contribution < 1.29 is 27.1 Å². The van der Waals surface area contributed by atoms with Gasteiger partial charge in [-0.3, -0.25) is 9.52 Å². The Labute approximate surface area is 185 Å². The second kappa shape index (κ2) is 9.61. The van der Waals surface area contributed by atoms with Gasteiger partial charge in [0, 0.05) is 11.4 Å². The highest BCUT2D eigenvalue weighted by Gasteiger charge is 2.23. The second-order valence-electron chi connectivity index (χ2n) is 7.00. The van der Waals surface area contributed by atoms with E-state index in [1.165, 1.54) is 37.3 Å². The Balaban J connectivity index is 1.74. The fraction of sp³-hybridized carbons (Fsp3) is 0.130. The normalized spacial score (nSPS) is 12.0. The molecule has 7 nitrogen and oxygen atoms in total. The lowest BCUT2D eigenvalue weighted by Crippen LogP contribution is -2.30. The molecule has 9 heteroatoms. The number of hydrogen-bond donors (Lipinski definition) is 2. The summed E-state index contributed by atoms with van der Waals surface area (Å²) in [5.41, 5.74) is 1.08. The molecule has 166 valence electrons. The quantitative estimate of drug-likeness (QED) is 0.521. The number of amides is 1. The molecule has 0 saturated heterocycles. The van der Waals surface area contributed by atoms with E-state index in [4.69, 9.17) is 4.74 Å². The number of ether oxygens (including phenoxy) is 1. The van der Waals surface area contributed by atoms with Crippen LogP contribution in [0, 0.1) is 12.7 Å². The molecule has 2 N–H and O–H groups in total. The van der Waals surface area contributed by atoms with Gasteiger partial charge in [-0.15, -0.1) is 0 Å². The van der Waals surface area contributed by atoms with Gasteiger partial charge in [0.1, 0.15) is 5.82 Å². The standard InChI is InChI=1S/C23H21FN2O5S/c1-15-8-9-17(14-21(15)32(29,30)26-20-12-10-18(24)11-13-20)23(28)31-16(2)22(27)25-19-6-4-3-5-7-19/h3-14,16,26H,1-2H3,(H,25,27). The maximum atomic E-state index is 13.1. The van der Waals surface area contributed by atoms with E-state index < -0.39 is 33.8 Å². The first-order valence-electron chi connectivity index (χ1n) is 9.61. The van der Waals surface area contributed by atoms with Gasteiger partial charge in [-0.05, 0) is 67.9 Å². The first-order chi connectivity index (χ1) is 15.2. The molecule has 0 saturated carbocycles. The zero-order valence-corrected chi connectivity index (χ0v) is 18.1. The molecule has 0 aliphatic carbocycles. The Morgan fingerprint density at radius 3 is 2.25 bits per heavy atom. The summed E-state index contributed by atoms with van der Waals surface area (Å²) < 4.78 is 46.2. The molecule has 0 aliphatic rings. The van der Waals surface area contributed by atoms with Crippen LogP contribution in [0.5, 0.6) is 0 Å². The lowest BCUT2D eigenvalue weighted by Gasteiger charge is -2.15. The largest absolute Gasteiger partial charge is 0.449 e. The highest BCUT2D eigenvalue weighted by atomic mass is 32.2. The van der Waals surface area contributed by atoms with E-state index in [-0.39, 0.29) is 16.1 Å². The number of aryl methyl sites for hydroxylation is 1. The smallest absolute Gasteiger partial charge is 0.338 e. The monoisotopic (exact) mass is 456 g/mol. The summed E-state index contributed by atoms with van der Waals surface area (Å²) in [4.78, 5) is 24.7. The molecule has 1 atom stereocenters. The van der Waals surface area contributed by atoms with Crippen LogP contribution in [0.4, 0.5) is 15.8 Å². The van der Waals surface area contributed by atoms with E-state index in [1.807, 2.05) is 0 Å². The topological polar surface area (TPSA) is 102 Å². The number of nitrogens with one attached hydrogen (secondary N) is 2. The van der Waals surface area contributed by atoms with Gasteiger partial charge >= 0.3 is 5.97 Å². The third kappa shape index (κ3) is 5.70. The van der Waals surface area contributed by atoms with Crippen molar-refractivity contribution in [2.45, 2.75) is 24.8 Å². The van der Waals surface area contributed by atoms with Crippen molar-refractivity contribution in [2.75, 3.05) is 10.0 Å². The molecule has 1 unspecified atom stereocenters. The molecule has 0 spiro atoms. The summed E-state index contributed by atoms with van der Waals surface area (Å²) >= 11 is 0. The lowest BCUT2D eigenvalue weighted by molar-refractivity contribution is -0.123. The molecule has 0 heterocycles. The van der Waals surface area contributed by atoms with Crippen molar-refractivity contribution in [1.82, 2.24) is 0 Å². The van der Waals surface area contributed by atoms with Gasteiger partial charge in [0.15, 0.2) is 6.10 Å². The number of esters is 1. The van der Waals surface area contributed by atoms with Crippen molar-refractivity contribution in [3.63, 3.8) is 0 Å². The number of para-hydroxylation sites is 1. The predicted octanol–water partition coefficient (Wildman–Crippen LogP) is 4.12. The predicted molar refractivity (Wildman–Crippen MR) is 118 cm³/mol. The minimum absolute atomic E-state index is 0.0329. The number of carbonyl (C=O) groups excluding carboxylic acids is 2. The zero-order chi connectivity index (χ0) is 23.3. The van der Waals surface area contributed by atoms with Crippen molar-refractivity contribution in [3.05, 3.63) is 89.7 Å². The first kappa shape index (κ1) is 23.0. The van der Waals surface area contributed by atoms with Crippen molar-refractivity contribution >= 4 is 33.3 Å². The number of hydrogen-bond acceptors (Lipinski definition) is 5. The van der Waals surface area contributed by atoms with Crippen LogP contribution in [0.15, 0.2) is 77.7 Å². The fourth-order valence-corrected chi connectivity index (χ4v) is 4.12. The molecule has 0 bridgehead atoms. The Kier molecular flexibility index (Phi) is 6.89. The van der Waals surface area contributed by atoms with Crippen LogP contribution in [-0.4, -0.2) is 26.4 Å². The number of benzene rings is 3. The van der Waals surface area contributed by atoms with Crippen LogP contribution < -0.4 is 10.0 Å². The first-order valence-corrected chi connectivity index (χ1v) is 11.1. The number of halogens is 1. The molecule has 32 heavy (non-hydrogen) atoms. The minimum atomic E-state index is -4.06. The van der Waals surface area contributed by atoms with Gasteiger partial charge in [-0.25, -0.2) is 17.6 Å². The zero-order valence-electron chi connectivity index (χ0n) is 17.3. The molecule has 0 radical (unpaired) electrons. The number of sulfonamides is 1. The van der Waals surface area contributed by atoms with Crippen LogP contribution >= 0.6 is 0 Å². The molecule has 3 rings (SSSR count). The molecule has 0 aromatic heterocycles. The highest BCUT2D eigenvalue weighted by molar-refractivity contribution is 7.92. The molecular formula is C23H21FN2O5S. The Morgan fingerprint density at radius 2 is 1.59 bits per heavy atom. The SMILES string of the molecule is Cc1ccc(C(=O)OC(C)C(=O)Nc2ccccc2)cc1S(=O)(=O)Nc1ccc(F)cc1. The fourth-order valence-electron chi connectivity index (χ4n) is 2.79. The van der Waals surface area contributed by atoms with E-state index in [0.717, 1.165) is 12.1 Å². The summed E-state index contributed by atoms with van der Waals surface area (Å²) in [5, 5.41) is 2.63. The van der Waals surface area contributed by atoms with E-state index in [1.54, 1.807) is 37.3 Å². The van der Waals surface area contributed by atoms with E-state index in [2.05, 4.69) is 10.0 Å². The second-order valence-corrected chi connectivity index (χ2v) is 8.65. The number of rotatable bonds is 7. The Bertz CT molecular complexity index is 1230. The van der Waals surface area contributed by atoms with Crippen LogP contribution in [0.3, 0.4) is 0 Å².